The van der Waals surface area contributed by atoms with Crippen LogP contribution in [0.2, 0.25) is 0 Å². The van der Waals surface area contributed by atoms with Crippen molar-refractivity contribution >= 4 is 34.4 Å². The van der Waals surface area contributed by atoms with Crippen LogP contribution in [0.25, 0.3) is 10.8 Å². The topological polar surface area (TPSA) is 229 Å². The van der Waals surface area contributed by atoms with E-state index in [1.165, 1.54) is 30.0 Å². The second-order valence-electron chi connectivity index (χ2n) is 12.7. The minimum absolute atomic E-state index is 0.0158. The van der Waals surface area contributed by atoms with Crippen molar-refractivity contribution in [2.24, 2.45) is 17.3 Å². The predicted octanol–water partition coefficient (Wildman–Crippen LogP) is 0.813. The number of amides is 4. The number of primary amides is 1. The summed E-state index contributed by atoms with van der Waals surface area (Å²) in [5.74, 6) is 3.85. The molecule has 1 heterocycles. The first-order valence-electron chi connectivity index (χ1n) is 16.8. The van der Waals surface area contributed by atoms with Gasteiger partial charge in [-0.05, 0) is 63.7 Å². The number of carbonyl (C=O) groups excluding carboxylic acids is 4. The lowest BCUT2D eigenvalue weighted by atomic mass is 9.77. The van der Waals surface area contributed by atoms with Crippen LogP contribution in [0.5, 0.6) is 0 Å². The molecule has 2 aromatic carbocycles. The molecule has 2 aliphatic rings. The highest BCUT2D eigenvalue weighted by atomic mass is 16.3. The SMILES string of the molecule is CC.CC(C)(O)/C(=C/N)N(N)C1CC(C(=O)NC2(C(O)C(N)=O)CCCCC2)N(C(=O)CNC(=O)c2ccc3ccccc3c2)C1.CNC. The Labute approximate surface area is 289 Å². The molecule has 0 radical (unpaired) electrons. The van der Waals surface area contributed by atoms with Crippen LogP contribution in [0.3, 0.4) is 0 Å². The summed E-state index contributed by atoms with van der Waals surface area (Å²) in [4.78, 5) is 53.7. The third-order valence-corrected chi connectivity index (χ3v) is 8.68. The van der Waals surface area contributed by atoms with Crippen LogP contribution >= 0.6 is 0 Å². The van der Waals surface area contributed by atoms with Gasteiger partial charge in [0.1, 0.15) is 11.6 Å². The van der Waals surface area contributed by atoms with Gasteiger partial charge in [0.05, 0.1) is 23.8 Å². The van der Waals surface area contributed by atoms with E-state index in [9.17, 15) is 29.4 Å². The molecule has 11 N–H and O–H groups in total. The Balaban J connectivity index is 0.00000158. The third-order valence-electron chi connectivity index (χ3n) is 8.68. The van der Waals surface area contributed by atoms with E-state index in [4.69, 9.17) is 17.3 Å². The molecule has 4 rings (SSSR count). The van der Waals surface area contributed by atoms with E-state index in [0.717, 1.165) is 17.2 Å². The molecule has 2 aromatic rings. The Kier molecular flexibility index (Phi) is 15.5. The van der Waals surface area contributed by atoms with Crippen LogP contribution in [0.15, 0.2) is 54.4 Å². The number of aliphatic hydroxyl groups excluding tert-OH is 1. The van der Waals surface area contributed by atoms with Crippen LogP contribution in [-0.2, 0) is 14.4 Å². The first-order valence-corrected chi connectivity index (χ1v) is 16.8. The highest BCUT2D eigenvalue weighted by Crippen LogP contribution is 2.33. The molecule has 49 heavy (non-hydrogen) atoms. The molecule has 1 saturated carbocycles. The van der Waals surface area contributed by atoms with Crippen LogP contribution < -0.4 is 33.3 Å². The van der Waals surface area contributed by atoms with Gasteiger partial charge >= 0.3 is 0 Å². The average molecular weight is 685 g/mol. The quantitative estimate of drug-likeness (QED) is 0.130. The first-order chi connectivity index (χ1) is 23.2. The number of fused-ring (bicyclic) bond motifs is 1. The van der Waals surface area contributed by atoms with Crippen molar-refractivity contribution in [3.05, 3.63) is 59.9 Å². The summed E-state index contributed by atoms with van der Waals surface area (Å²) in [6.07, 6.45) is 2.54. The smallest absolute Gasteiger partial charge is 0.251 e. The van der Waals surface area contributed by atoms with Gasteiger partial charge in [-0.3, -0.25) is 19.2 Å². The summed E-state index contributed by atoms with van der Waals surface area (Å²) < 4.78 is 0. The normalized spacial score (nSPS) is 19.4. The molecular formula is C35H56N8O6. The van der Waals surface area contributed by atoms with Crippen LogP contribution in [0.1, 0.15) is 76.6 Å². The Morgan fingerprint density at radius 3 is 2.20 bits per heavy atom. The standard InChI is InChI=1S/C31H43N7O6.C2H7N.C2H6/c1-30(2,44)24(16-32)38(34)22-15-23(29(43)36-31(26(40)27(33)41)12-6-3-7-13-31)37(18-22)25(39)17-35-28(42)21-11-10-19-8-4-5-9-20(19)14-21;1-3-2;1-2/h4-5,8-11,14,16,22-23,26,40,44H,3,6-7,12-13,15,17-18,32,34H2,1-2H3,(H2,33,41)(H,35,42)(H,36,43);3H,1-2H3;1-2H3/b24-16-;;. The number of likely N-dealkylation sites (tertiary alicyclic amines) is 1. The van der Waals surface area contributed by atoms with Gasteiger partial charge in [-0.1, -0.05) is 63.4 Å². The summed E-state index contributed by atoms with van der Waals surface area (Å²) in [7, 11) is 3.75. The fourth-order valence-electron chi connectivity index (χ4n) is 6.28. The lowest BCUT2D eigenvalue weighted by Gasteiger charge is -2.41. The summed E-state index contributed by atoms with van der Waals surface area (Å²) in [5, 5.41) is 32.7. The van der Waals surface area contributed by atoms with E-state index in [1.54, 1.807) is 12.1 Å². The molecule has 1 saturated heterocycles. The summed E-state index contributed by atoms with van der Waals surface area (Å²) in [6, 6.07) is 11.1. The number of rotatable bonds is 10. The number of hydrogen-bond acceptors (Lipinski definition) is 10. The first kappa shape index (κ1) is 40.9. The van der Waals surface area contributed by atoms with E-state index in [-0.39, 0.29) is 18.7 Å². The van der Waals surface area contributed by atoms with Gasteiger partial charge in [-0.25, -0.2) is 5.84 Å². The number of aliphatic hydroxyl groups is 2. The monoisotopic (exact) mass is 684 g/mol. The van der Waals surface area contributed by atoms with Crippen molar-refractivity contribution in [2.75, 3.05) is 27.2 Å². The molecule has 1 aliphatic carbocycles. The second kappa shape index (κ2) is 18.5. The molecule has 3 unspecified atom stereocenters. The van der Waals surface area contributed by atoms with Gasteiger partial charge < -0.3 is 47.5 Å². The van der Waals surface area contributed by atoms with Crippen molar-refractivity contribution in [2.45, 2.75) is 95.5 Å². The molecule has 0 spiro atoms. The average Bonchev–Trinajstić information content (AvgIpc) is 3.54. The molecular weight excluding hydrogens is 628 g/mol. The van der Waals surface area contributed by atoms with E-state index >= 15 is 0 Å². The van der Waals surface area contributed by atoms with Gasteiger partial charge in [0.15, 0.2) is 6.10 Å². The van der Waals surface area contributed by atoms with Gasteiger partial charge in [0.25, 0.3) is 5.91 Å². The maximum atomic E-state index is 13.8. The van der Waals surface area contributed by atoms with E-state index in [0.29, 0.717) is 31.2 Å². The number of nitrogens with zero attached hydrogens (tertiary/aromatic N) is 2. The van der Waals surface area contributed by atoms with E-state index in [2.05, 4.69) is 16.0 Å². The van der Waals surface area contributed by atoms with Gasteiger partial charge in [0.2, 0.25) is 17.7 Å². The number of nitrogens with two attached hydrogens (primary N) is 3. The molecule has 3 atom stereocenters. The zero-order valence-electron chi connectivity index (χ0n) is 29.7. The second-order valence-corrected chi connectivity index (χ2v) is 12.7. The highest BCUT2D eigenvalue weighted by molar-refractivity contribution is 6.00. The Morgan fingerprint density at radius 1 is 1.06 bits per heavy atom. The highest BCUT2D eigenvalue weighted by Gasteiger charge is 2.48. The lowest BCUT2D eigenvalue weighted by Crippen LogP contribution is -2.64. The summed E-state index contributed by atoms with van der Waals surface area (Å²) in [6.45, 7) is 6.60. The Bertz CT molecular complexity index is 1450. The van der Waals surface area contributed by atoms with E-state index < -0.39 is 59.5 Å². The molecule has 2 fully saturated rings. The number of benzene rings is 2. The Morgan fingerprint density at radius 2 is 1.65 bits per heavy atom. The Hall–Kier alpha value is -4.24. The number of nitrogens with one attached hydrogen (secondary N) is 3. The van der Waals surface area contributed by atoms with E-state index in [1.807, 2.05) is 58.3 Å². The predicted molar refractivity (Wildman–Crippen MR) is 190 cm³/mol. The van der Waals surface area contributed by atoms with Gasteiger partial charge in [-0.2, -0.15) is 0 Å². The fourth-order valence-corrected chi connectivity index (χ4v) is 6.28. The molecule has 1 aliphatic heterocycles. The fraction of sp³-hybridized carbons (Fsp3) is 0.543. The molecule has 14 nitrogen and oxygen atoms in total. The summed E-state index contributed by atoms with van der Waals surface area (Å²) in [5.41, 5.74) is 9.10. The van der Waals surface area contributed by atoms with Crippen molar-refractivity contribution in [3.8, 4) is 0 Å². The largest absolute Gasteiger partial charge is 0.403 e. The van der Waals surface area contributed by atoms with Crippen LogP contribution in [0, 0.1) is 0 Å². The molecule has 4 amide bonds. The number of hydrogen-bond donors (Lipinski definition) is 8. The lowest BCUT2D eigenvalue weighted by molar-refractivity contribution is -0.142. The van der Waals surface area contributed by atoms with Crippen molar-refractivity contribution in [3.63, 3.8) is 0 Å². The molecule has 0 aromatic heterocycles. The zero-order valence-corrected chi connectivity index (χ0v) is 29.7. The number of carbonyl (C=O) groups is 4. The molecule has 0 bridgehead atoms. The summed E-state index contributed by atoms with van der Waals surface area (Å²) >= 11 is 0. The molecule has 272 valence electrons. The third kappa shape index (κ3) is 10.4. The van der Waals surface area contributed by atoms with Crippen molar-refractivity contribution in [1.82, 2.24) is 25.9 Å². The zero-order chi connectivity index (χ0) is 36.9. The van der Waals surface area contributed by atoms with Gasteiger partial charge in [0, 0.05) is 24.7 Å². The minimum Gasteiger partial charge on any atom is -0.403 e. The maximum Gasteiger partial charge on any atom is 0.251 e. The van der Waals surface area contributed by atoms with Crippen LogP contribution in [-0.4, -0.2) is 100 Å². The maximum absolute atomic E-state index is 13.8. The van der Waals surface area contributed by atoms with Crippen molar-refractivity contribution < 1.29 is 29.4 Å². The number of hydrazine groups is 1. The van der Waals surface area contributed by atoms with Crippen molar-refractivity contribution in [1.29, 1.82) is 0 Å². The van der Waals surface area contributed by atoms with Crippen LogP contribution in [0.4, 0.5) is 0 Å². The van der Waals surface area contributed by atoms with Gasteiger partial charge in [-0.15, -0.1) is 0 Å². The molecule has 14 heteroatoms. The minimum atomic E-state index is -1.61.